The fraction of sp³-hybridized carbons (Fsp3) is 0.214. The number of rotatable bonds is 4. The number of carboxylic acids is 1. The Morgan fingerprint density at radius 1 is 1.30 bits per heavy atom. The van der Waals surface area contributed by atoms with Gasteiger partial charge in [-0.15, -0.1) is 0 Å². The molecule has 0 saturated heterocycles. The van der Waals surface area contributed by atoms with Crippen LogP contribution in [0, 0.1) is 6.92 Å². The molecular weight excluding hydrogens is 258 g/mol. The summed E-state index contributed by atoms with van der Waals surface area (Å²) >= 11 is 0. The van der Waals surface area contributed by atoms with E-state index in [1.54, 1.807) is 36.2 Å². The molecule has 0 bridgehead atoms. The molecule has 1 N–H and O–H groups in total. The number of carboxylic acid groups (broad SMARTS) is 1. The van der Waals surface area contributed by atoms with Crippen LogP contribution in [0.1, 0.15) is 15.9 Å². The van der Waals surface area contributed by atoms with Crippen molar-refractivity contribution in [1.82, 2.24) is 9.97 Å². The first-order valence-electron chi connectivity index (χ1n) is 5.99. The van der Waals surface area contributed by atoms with Crippen LogP contribution in [0.3, 0.4) is 0 Å². The summed E-state index contributed by atoms with van der Waals surface area (Å²) in [5.41, 5.74) is 0.894. The Morgan fingerprint density at radius 2 is 2.05 bits per heavy atom. The van der Waals surface area contributed by atoms with E-state index in [0.29, 0.717) is 23.1 Å². The average molecular weight is 273 g/mol. The minimum absolute atomic E-state index is 0.258. The van der Waals surface area contributed by atoms with E-state index in [2.05, 4.69) is 9.97 Å². The Bertz CT molecular complexity index is 641. The standard InChI is InChI=1S/C14H15N3O3/c1-9-8-10(4-5-11(9)13(18)19)20-12-6-7-15-14(16-12)17(2)3/h4-8H,1-3H3,(H,18,19). The summed E-state index contributed by atoms with van der Waals surface area (Å²) in [5, 5.41) is 8.98. The van der Waals surface area contributed by atoms with Crippen molar-refractivity contribution in [3.8, 4) is 11.6 Å². The smallest absolute Gasteiger partial charge is 0.335 e. The predicted octanol–water partition coefficient (Wildman–Crippen LogP) is 2.34. The van der Waals surface area contributed by atoms with Gasteiger partial charge >= 0.3 is 5.97 Å². The van der Waals surface area contributed by atoms with Crippen molar-refractivity contribution < 1.29 is 14.6 Å². The van der Waals surface area contributed by atoms with Crippen LogP contribution in [0.2, 0.25) is 0 Å². The van der Waals surface area contributed by atoms with Crippen molar-refractivity contribution in [2.75, 3.05) is 19.0 Å². The Hall–Kier alpha value is -2.63. The maximum Gasteiger partial charge on any atom is 0.335 e. The Balaban J connectivity index is 2.24. The van der Waals surface area contributed by atoms with Gasteiger partial charge in [-0.25, -0.2) is 9.78 Å². The molecule has 1 aromatic heterocycles. The van der Waals surface area contributed by atoms with E-state index in [1.807, 2.05) is 14.1 Å². The number of hydrogen-bond acceptors (Lipinski definition) is 5. The fourth-order valence-corrected chi connectivity index (χ4v) is 1.67. The zero-order valence-electron chi connectivity index (χ0n) is 11.5. The lowest BCUT2D eigenvalue weighted by atomic mass is 10.1. The van der Waals surface area contributed by atoms with Crippen LogP contribution in [-0.4, -0.2) is 35.1 Å². The van der Waals surface area contributed by atoms with Gasteiger partial charge in [0.05, 0.1) is 5.56 Å². The molecule has 0 fully saturated rings. The van der Waals surface area contributed by atoms with Crippen LogP contribution in [0.5, 0.6) is 11.6 Å². The molecule has 0 atom stereocenters. The number of carbonyl (C=O) groups is 1. The normalized spacial score (nSPS) is 10.2. The first-order valence-corrected chi connectivity index (χ1v) is 5.99. The number of hydrogen-bond donors (Lipinski definition) is 1. The van der Waals surface area contributed by atoms with Crippen molar-refractivity contribution >= 4 is 11.9 Å². The highest BCUT2D eigenvalue weighted by Crippen LogP contribution is 2.23. The average Bonchev–Trinajstić information content (AvgIpc) is 2.38. The zero-order valence-corrected chi connectivity index (χ0v) is 11.5. The third-order valence-electron chi connectivity index (χ3n) is 2.67. The van der Waals surface area contributed by atoms with Gasteiger partial charge in [0.25, 0.3) is 0 Å². The van der Waals surface area contributed by atoms with Crippen molar-refractivity contribution in [3.05, 3.63) is 41.6 Å². The molecule has 1 heterocycles. The van der Waals surface area contributed by atoms with Gasteiger partial charge in [-0.05, 0) is 30.7 Å². The second-order valence-electron chi connectivity index (χ2n) is 4.47. The fourth-order valence-electron chi connectivity index (χ4n) is 1.67. The van der Waals surface area contributed by atoms with Gasteiger partial charge in [0.1, 0.15) is 5.75 Å². The molecule has 0 amide bonds. The number of benzene rings is 1. The number of aromatic carboxylic acids is 1. The molecule has 0 radical (unpaired) electrons. The molecule has 6 heteroatoms. The molecule has 0 aliphatic carbocycles. The topological polar surface area (TPSA) is 75.5 Å². The second-order valence-corrected chi connectivity index (χ2v) is 4.47. The third kappa shape index (κ3) is 3.03. The molecule has 1 aromatic carbocycles. The van der Waals surface area contributed by atoms with E-state index in [-0.39, 0.29) is 5.56 Å². The lowest BCUT2D eigenvalue weighted by Crippen LogP contribution is -2.12. The predicted molar refractivity (Wildman–Crippen MR) is 74.6 cm³/mol. The first kappa shape index (κ1) is 13.8. The van der Waals surface area contributed by atoms with E-state index < -0.39 is 5.97 Å². The highest BCUT2D eigenvalue weighted by atomic mass is 16.5. The van der Waals surface area contributed by atoms with Crippen molar-refractivity contribution in [2.24, 2.45) is 0 Å². The van der Waals surface area contributed by atoms with Gasteiger partial charge in [0.15, 0.2) is 0 Å². The number of nitrogens with zero attached hydrogens (tertiary/aromatic N) is 3. The van der Waals surface area contributed by atoms with Crippen LogP contribution in [0.15, 0.2) is 30.5 Å². The van der Waals surface area contributed by atoms with E-state index in [4.69, 9.17) is 9.84 Å². The maximum absolute atomic E-state index is 10.9. The van der Waals surface area contributed by atoms with Gasteiger partial charge in [0.2, 0.25) is 11.8 Å². The van der Waals surface area contributed by atoms with E-state index in [0.717, 1.165) is 0 Å². The van der Waals surface area contributed by atoms with Gasteiger partial charge in [0, 0.05) is 26.4 Å². The highest BCUT2D eigenvalue weighted by Gasteiger charge is 2.09. The lowest BCUT2D eigenvalue weighted by molar-refractivity contribution is 0.0696. The minimum Gasteiger partial charge on any atom is -0.478 e. The largest absolute Gasteiger partial charge is 0.478 e. The molecule has 0 spiro atoms. The first-order chi connectivity index (χ1) is 9.47. The van der Waals surface area contributed by atoms with Crippen LogP contribution < -0.4 is 9.64 Å². The Morgan fingerprint density at radius 3 is 2.65 bits per heavy atom. The van der Waals surface area contributed by atoms with E-state index in [1.165, 1.54) is 6.07 Å². The molecule has 104 valence electrons. The highest BCUT2D eigenvalue weighted by molar-refractivity contribution is 5.89. The maximum atomic E-state index is 10.9. The van der Waals surface area contributed by atoms with Crippen LogP contribution in [-0.2, 0) is 0 Å². The van der Waals surface area contributed by atoms with Gasteiger partial charge < -0.3 is 14.7 Å². The van der Waals surface area contributed by atoms with Gasteiger partial charge in [-0.3, -0.25) is 0 Å². The van der Waals surface area contributed by atoms with Crippen molar-refractivity contribution in [3.63, 3.8) is 0 Å². The van der Waals surface area contributed by atoms with E-state index in [9.17, 15) is 4.79 Å². The summed E-state index contributed by atoms with van der Waals surface area (Å²) in [7, 11) is 3.68. The van der Waals surface area contributed by atoms with Gasteiger partial charge in [-0.2, -0.15) is 4.98 Å². The number of aromatic nitrogens is 2. The summed E-state index contributed by atoms with van der Waals surface area (Å²) in [5.74, 6) is 0.537. The van der Waals surface area contributed by atoms with Crippen molar-refractivity contribution in [1.29, 1.82) is 0 Å². The van der Waals surface area contributed by atoms with Crippen LogP contribution in [0.25, 0.3) is 0 Å². The molecule has 0 saturated carbocycles. The molecule has 20 heavy (non-hydrogen) atoms. The summed E-state index contributed by atoms with van der Waals surface area (Å²) in [6, 6.07) is 6.43. The number of aryl methyl sites for hydroxylation is 1. The minimum atomic E-state index is -0.953. The molecule has 2 aromatic rings. The third-order valence-corrected chi connectivity index (χ3v) is 2.67. The quantitative estimate of drug-likeness (QED) is 0.921. The van der Waals surface area contributed by atoms with Crippen LogP contribution in [0.4, 0.5) is 5.95 Å². The molecule has 0 aliphatic heterocycles. The summed E-state index contributed by atoms with van der Waals surface area (Å²) in [6.45, 7) is 1.72. The molecule has 0 unspecified atom stereocenters. The Kier molecular flexibility index (Phi) is 3.84. The van der Waals surface area contributed by atoms with E-state index >= 15 is 0 Å². The number of anilines is 1. The van der Waals surface area contributed by atoms with Crippen LogP contribution >= 0.6 is 0 Å². The summed E-state index contributed by atoms with van der Waals surface area (Å²) in [6.07, 6.45) is 1.61. The Labute approximate surface area is 116 Å². The number of ether oxygens (including phenoxy) is 1. The zero-order chi connectivity index (χ0) is 14.7. The second kappa shape index (κ2) is 5.56. The lowest BCUT2D eigenvalue weighted by Gasteiger charge is -2.11. The monoisotopic (exact) mass is 273 g/mol. The van der Waals surface area contributed by atoms with Crippen molar-refractivity contribution in [2.45, 2.75) is 6.92 Å². The molecule has 2 rings (SSSR count). The SMILES string of the molecule is Cc1cc(Oc2ccnc(N(C)C)n2)ccc1C(=O)O. The molecule has 0 aliphatic rings. The summed E-state index contributed by atoms with van der Waals surface area (Å²) in [4.78, 5) is 21.0. The summed E-state index contributed by atoms with van der Waals surface area (Å²) < 4.78 is 5.61. The molecular formula is C14H15N3O3. The van der Waals surface area contributed by atoms with Gasteiger partial charge in [-0.1, -0.05) is 0 Å². The molecule has 6 nitrogen and oxygen atoms in total.